The molecule has 1 aliphatic heterocycles. The number of ether oxygens (including phenoxy) is 1. The molecule has 0 bridgehead atoms. The molecule has 0 saturated carbocycles. The van der Waals surface area contributed by atoms with Gasteiger partial charge in [-0.1, -0.05) is 30.3 Å². The van der Waals surface area contributed by atoms with Crippen molar-refractivity contribution < 1.29 is 23.5 Å². The maximum absolute atomic E-state index is 13.4. The van der Waals surface area contributed by atoms with Gasteiger partial charge in [0.05, 0.1) is 17.5 Å². The van der Waals surface area contributed by atoms with Crippen LogP contribution in [0.15, 0.2) is 54.6 Å². The van der Waals surface area contributed by atoms with Gasteiger partial charge in [-0.15, -0.1) is 11.3 Å². The molecule has 3 amide bonds. The van der Waals surface area contributed by atoms with Crippen LogP contribution in [0.3, 0.4) is 0 Å². The fraction of sp³-hybridized carbons (Fsp3) is 0.150. The predicted molar refractivity (Wildman–Crippen MR) is 101 cm³/mol. The summed E-state index contributed by atoms with van der Waals surface area (Å²) in [6.45, 7) is -0.330. The third-order valence-electron chi connectivity index (χ3n) is 4.42. The largest absolute Gasteiger partial charge is 0.439 e. The van der Waals surface area contributed by atoms with E-state index in [1.165, 1.54) is 23.5 Å². The quantitative estimate of drug-likeness (QED) is 0.714. The summed E-state index contributed by atoms with van der Waals surface area (Å²) in [5, 5.41) is 3.51. The minimum atomic E-state index is -0.725. The molecule has 1 N–H and O–H groups in total. The normalized spacial score (nSPS) is 15.0. The van der Waals surface area contributed by atoms with Crippen LogP contribution in [-0.4, -0.2) is 36.0 Å². The van der Waals surface area contributed by atoms with Crippen molar-refractivity contribution >= 4 is 39.3 Å². The van der Waals surface area contributed by atoms with Gasteiger partial charge in [0.15, 0.2) is 6.61 Å². The standard InChI is InChI=1S/C20H15FN2O4S/c21-14-6-7-16-13(8-14)9-17(28-16)19(25)22-15(12-4-2-1-3-5-12)10-23-18(24)11-27-20(23)26/h1-9,15H,10-11H2,(H,22,25). The first-order chi connectivity index (χ1) is 13.5. The van der Waals surface area contributed by atoms with Gasteiger partial charge in [0, 0.05) is 4.70 Å². The SMILES string of the molecule is O=C(NC(CN1C(=O)COC1=O)c1ccccc1)c1cc2cc(F)ccc2s1. The molecular weight excluding hydrogens is 383 g/mol. The number of amides is 3. The Bertz CT molecular complexity index is 1050. The molecule has 4 rings (SSSR count). The predicted octanol–water partition coefficient (Wildman–Crippen LogP) is 3.49. The van der Waals surface area contributed by atoms with Crippen molar-refractivity contribution in [3.8, 4) is 0 Å². The van der Waals surface area contributed by atoms with Gasteiger partial charge in [0.1, 0.15) is 5.82 Å². The van der Waals surface area contributed by atoms with Crippen LogP contribution in [-0.2, 0) is 9.53 Å². The van der Waals surface area contributed by atoms with Crippen molar-refractivity contribution in [1.29, 1.82) is 0 Å². The topological polar surface area (TPSA) is 75.7 Å². The number of carbonyl (C=O) groups is 3. The first kappa shape index (κ1) is 18.1. The number of rotatable bonds is 5. The molecule has 0 radical (unpaired) electrons. The summed E-state index contributed by atoms with van der Waals surface area (Å²) >= 11 is 1.24. The highest BCUT2D eigenvalue weighted by atomic mass is 32.1. The zero-order chi connectivity index (χ0) is 19.7. The maximum atomic E-state index is 13.4. The summed E-state index contributed by atoms with van der Waals surface area (Å²) in [7, 11) is 0. The van der Waals surface area contributed by atoms with Crippen LogP contribution in [0.1, 0.15) is 21.3 Å². The van der Waals surface area contributed by atoms with Crippen LogP contribution in [0.2, 0.25) is 0 Å². The number of halogens is 1. The van der Waals surface area contributed by atoms with E-state index in [9.17, 15) is 18.8 Å². The smallest absolute Gasteiger partial charge is 0.417 e. The second-order valence-electron chi connectivity index (χ2n) is 6.29. The minimum absolute atomic E-state index is 0.0348. The second-order valence-corrected chi connectivity index (χ2v) is 7.37. The third-order valence-corrected chi connectivity index (χ3v) is 5.53. The third kappa shape index (κ3) is 3.59. The molecule has 8 heteroatoms. The van der Waals surface area contributed by atoms with E-state index < -0.39 is 18.0 Å². The van der Waals surface area contributed by atoms with Gasteiger partial charge in [-0.2, -0.15) is 0 Å². The molecule has 1 atom stereocenters. The summed E-state index contributed by atoms with van der Waals surface area (Å²) in [5.41, 5.74) is 0.746. The first-order valence-electron chi connectivity index (χ1n) is 8.53. The van der Waals surface area contributed by atoms with Gasteiger partial charge >= 0.3 is 6.09 Å². The summed E-state index contributed by atoms with van der Waals surface area (Å²) in [4.78, 5) is 37.9. The molecule has 0 spiro atoms. The number of fused-ring (bicyclic) bond motifs is 1. The number of benzene rings is 2. The molecule has 28 heavy (non-hydrogen) atoms. The monoisotopic (exact) mass is 398 g/mol. The van der Waals surface area contributed by atoms with Crippen LogP contribution >= 0.6 is 11.3 Å². The fourth-order valence-electron chi connectivity index (χ4n) is 3.02. The number of hydrogen-bond donors (Lipinski definition) is 1. The number of carbonyl (C=O) groups excluding carboxylic acids is 3. The lowest BCUT2D eigenvalue weighted by Gasteiger charge is -2.22. The summed E-state index contributed by atoms with van der Waals surface area (Å²) in [6.07, 6.45) is -0.725. The van der Waals surface area contributed by atoms with Crippen LogP contribution in [0.4, 0.5) is 9.18 Å². The number of thiophene rings is 1. The fourth-order valence-corrected chi connectivity index (χ4v) is 3.96. The molecule has 6 nitrogen and oxygen atoms in total. The lowest BCUT2D eigenvalue weighted by Crippen LogP contribution is -2.40. The molecule has 2 heterocycles. The number of nitrogens with zero attached hydrogens (tertiary/aromatic N) is 1. The van der Waals surface area contributed by atoms with E-state index in [0.717, 1.165) is 15.2 Å². The van der Waals surface area contributed by atoms with Gasteiger partial charge in [0.25, 0.3) is 11.8 Å². The van der Waals surface area contributed by atoms with Gasteiger partial charge in [-0.3, -0.25) is 9.59 Å². The Morgan fingerprint density at radius 1 is 1.18 bits per heavy atom. The minimum Gasteiger partial charge on any atom is -0.439 e. The van der Waals surface area contributed by atoms with Crippen LogP contribution in [0.5, 0.6) is 0 Å². The van der Waals surface area contributed by atoms with Crippen LogP contribution in [0, 0.1) is 5.82 Å². The Kier molecular flexibility index (Phi) is 4.79. The van der Waals surface area contributed by atoms with E-state index in [-0.39, 0.29) is 24.9 Å². The maximum Gasteiger partial charge on any atom is 0.417 e. The highest BCUT2D eigenvalue weighted by molar-refractivity contribution is 7.20. The van der Waals surface area contributed by atoms with E-state index in [1.54, 1.807) is 36.4 Å². The molecule has 1 aromatic heterocycles. The van der Waals surface area contributed by atoms with Crippen molar-refractivity contribution in [2.45, 2.75) is 6.04 Å². The van der Waals surface area contributed by atoms with Gasteiger partial charge in [-0.25, -0.2) is 14.1 Å². The Hall–Kier alpha value is -3.26. The summed E-state index contributed by atoms with van der Waals surface area (Å²) in [5.74, 6) is -1.18. The number of nitrogens with one attached hydrogen (secondary N) is 1. The molecule has 1 fully saturated rings. The number of cyclic esters (lactones) is 1. The van der Waals surface area contributed by atoms with Crippen molar-refractivity contribution in [1.82, 2.24) is 10.2 Å². The van der Waals surface area contributed by atoms with Crippen LogP contribution < -0.4 is 5.32 Å². The lowest BCUT2D eigenvalue weighted by atomic mass is 10.1. The number of hydrogen-bond acceptors (Lipinski definition) is 5. The average Bonchev–Trinajstić information content (AvgIpc) is 3.25. The van der Waals surface area contributed by atoms with E-state index in [2.05, 4.69) is 5.32 Å². The Morgan fingerprint density at radius 3 is 2.68 bits per heavy atom. The molecule has 1 saturated heterocycles. The average molecular weight is 398 g/mol. The summed E-state index contributed by atoms with van der Waals surface area (Å²) < 4.78 is 18.9. The molecule has 1 unspecified atom stereocenters. The molecule has 2 aromatic carbocycles. The summed E-state index contributed by atoms with van der Waals surface area (Å²) in [6, 6.07) is 14.4. The molecule has 142 valence electrons. The Labute approximate surface area is 163 Å². The van der Waals surface area contributed by atoms with Crippen LogP contribution in [0.25, 0.3) is 10.1 Å². The second kappa shape index (κ2) is 7.40. The zero-order valence-electron chi connectivity index (χ0n) is 14.6. The molecule has 3 aromatic rings. The lowest BCUT2D eigenvalue weighted by molar-refractivity contribution is -0.126. The van der Waals surface area contributed by atoms with Crippen molar-refractivity contribution in [3.63, 3.8) is 0 Å². The first-order valence-corrected chi connectivity index (χ1v) is 9.35. The number of imide groups is 1. The van der Waals surface area contributed by atoms with Crippen molar-refractivity contribution in [2.24, 2.45) is 0 Å². The molecule has 1 aliphatic rings. The molecular formula is C20H15FN2O4S. The van der Waals surface area contributed by atoms with E-state index in [4.69, 9.17) is 4.74 Å². The molecule has 0 aliphatic carbocycles. The van der Waals surface area contributed by atoms with Crippen molar-refractivity contribution in [2.75, 3.05) is 13.2 Å². The highest BCUT2D eigenvalue weighted by Gasteiger charge is 2.34. The van der Waals surface area contributed by atoms with E-state index in [0.29, 0.717) is 10.3 Å². The Balaban J connectivity index is 1.59. The van der Waals surface area contributed by atoms with Gasteiger partial charge in [0.2, 0.25) is 0 Å². The van der Waals surface area contributed by atoms with E-state index in [1.807, 2.05) is 6.07 Å². The van der Waals surface area contributed by atoms with Gasteiger partial charge < -0.3 is 10.1 Å². The van der Waals surface area contributed by atoms with E-state index >= 15 is 0 Å². The highest BCUT2D eigenvalue weighted by Crippen LogP contribution is 2.27. The Morgan fingerprint density at radius 2 is 1.96 bits per heavy atom. The zero-order valence-corrected chi connectivity index (χ0v) is 15.4. The van der Waals surface area contributed by atoms with Crippen molar-refractivity contribution in [3.05, 3.63) is 70.9 Å². The van der Waals surface area contributed by atoms with Gasteiger partial charge in [-0.05, 0) is 35.2 Å².